The van der Waals surface area contributed by atoms with Gasteiger partial charge in [-0.2, -0.15) is 4.31 Å². The van der Waals surface area contributed by atoms with Gasteiger partial charge in [-0.05, 0) is 56.5 Å². The molecule has 0 saturated carbocycles. The number of likely N-dealkylation sites (N-methyl/N-ethyl adjacent to an activating group) is 1. The molecule has 0 bridgehead atoms. The normalized spacial score (nSPS) is 21.9. The summed E-state index contributed by atoms with van der Waals surface area (Å²) < 4.78 is 26.8. The number of aliphatic imine (C=N–C) groups is 1. The summed E-state index contributed by atoms with van der Waals surface area (Å²) in [6, 6.07) is 7.73. The summed E-state index contributed by atoms with van der Waals surface area (Å²) in [6.45, 7) is 7.23. The van der Waals surface area contributed by atoms with Crippen molar-refractivity contribution in [1.82, 2.24) is 19.8 Å². The Morgan fingerprint density at radius 3 is 2.46 bits per heavy atom. The third kappa shape index (κ3) is 5.04. The van der Waals surface area contributed by atoms with Gasteiger partial charge in [-0.25, -0.2) is 8.42 Å². The smallest absolute Gasteiger partial charge is 0.243 e. The molecule has 0 amide bonds. The van der Waals surface area contributed by atoms with E-state index in [1.807, 2.05) is 12.1 Å². The van der Waals surface area contributed by atoms with Gasteiger partial charge >= 0.3 is 0 Å². The van der Waals surface area contributed by atoms with Crippen LogP contribution in [-0.2, 0) is 16.6 Å². The highest BCUT2D eigenvalue weighted by atomic mass is 32.2. The van der Waals surface area contributed by atoms with Crippen molar-refractivity contribution in [2.75, 3.05) is 39.8 Å². The van der Waals surface area contributed by atoms with Gasteiger partial charge in [0, 0.05) is 39.3 Å². The molecule has 0 radical (unpaired) electrons. The highest BCUT2D eigenvalue weighted by Gasteiger charge is 2.27. The van der Waals surface area contributed by atoms with Crippen LogP contribution in [0.25, 0.3) is 0 Å². The molecule has 0 aromatic heterocycles. The Morgan fingerprint density at radius 1 is 1.11 bits per heavy atom. The van der Waals surface area contributed by atoms with E-state index in [-0.39, 0.29) is 0 Å². The largest absolute Gasteiger partial charge is 0.355 e. The Morgan fingerprint density at radius 2 is 1.82 bits per heavy atom. The minimum Gasteiger partial charge on any atom is -0.355 e. The van der Waals surface area contributed by atoms with Crippen LogP contribution in [0.15, 0.2) is 34.2 Å². The topological polar surface area (TPSA) is 77.0 Å². The average molecular weight is 408 g/mol. The van der Waals surface area contributed by atoms with Crippen LogP contribution in [0.4, 0.5) is 0 Å². The lowest BCUT2D eigenvalue weighted by atomic mass is 10.2. The first-order valence-electron chi connectivity index (χ1n) is 10.3. The first-order chi connectivity index (χ1) is 13.5. The molecular formula is C20H33N5O2S. The van der Waals surface area contributed by atoms with Crippen molar-refractivity contribution < 1.29 is 8.42 Å². The molecule has 2 aliphatic rings. The van der Waals surface area contributed by atoms with Crippen molar-refractivity contribution in [2.24, 2.45) is 4.99 Å². The molecule has 2 saturated heterocycles. The Bertz CT molecular complexity index is 757. The third-order valence-electron chi connectivity index (χ3n) is 5.72. The highest BCUT2D eigenvalue weighted by molar-refractivity contribution is 7.89. The van der Waals surface area contributed by atoms with Crippen LogP contribution in [0.3, 0.4) is 0 Å². The van der Waals surface area contributed by atoms with Gasteiger partial charge < -0.3 is 10.6 Å². The monoisotopic (exact) mass is 407 g/mol. The van der Waals surface area contributed by atoms with Crippen LogP contribution in [0.2, 0.25) is 0 Å². The number of sulfonamides is 1. The Kier molecular flexibility index (Phi) is 7.31. The number of nitrogens with zero attached hydrogens (tertiary/aromatic N) is 3. The van der Waals surface area contributed by atoms with Gasteiger partial charge in [0.15, 0.2) is 5.96 Å². The van der Waals surface area contributed by atoms with E-state index in [0.717, 1.165) is 37.5 Å². The number of likely N-dealkylation sites (tertiary alicyclic amines) is 1. The number of benzene rings is 1. The molecule has 7 nitrogen and oxygen atoms in total. The predicted molar refractivity (Wildman–Crippen MR) is 113 cm³/mol. The van der Waals surface area contributed by atoms with Crippen LogP contribution in [0.5, 0.6) is 0 Å². The fraction of sp³-hybridized carbons (Fsp3) is 0.650. The van der Waals surface area contributed by atoms with Crippen LogP contribution in [0, 0.1) is 0 Å². The van der Waals surface area contributed by atoms with E-state index in [1.165, 1.54) is 19.4 Å². The SMILES string of the molecule is CCN1CCCC1CNC(=NC)NCc1ccc(S(=O)(=O)N2CCCC2)cc1. The van der Waals surface area contributed by atoms with E-state index in [2.05, 4.69) is 27.4 Å². The molecule has 0 aliphatic carbocycles. The number of hydrogen-bond donors (Lipinski definition) is 2. The van der Waals surface area contributed by atoms with Crippen LogP contribution in [0.1, 0.15) is 38.2 Å². The van der Waals surface area contributed by atoms with Crippen molar-refractivity contribution in [2.45, 2.75) is 50.1 Å². The second-order valence-electron chi connectivity index (χ2n) is 7.49. The molecule has 28 heavy (non-hydrogen) atoms. The summed E-state index contributed by atoms with van der Waals surface area (Å²) in [5.74, 6) is 0.775. The maximum atomic E-state index is 12.6. The molecule has 1 unspecified atom stereocenters. The molecule has 0 spiro atoms. The standard InChI is InChI=1S/C20H33N5O2S/c1-3-24-12-6-7-18(24)16-23-20(21-2)22-15-17-8-10-19(11-9-17)28(26,27)25-13-4-5-14-25/h8-11,18H,3-7,12-16H2,1-2H3,(H2,21,22,23). The minimum absolute atomic E-state index is 0.376. The van der Waals surface area contributed by atoms with Crippen molar-refractivity contribution >= 4 is 16.0 Å². The maximum Gasteiger partial charge on any atom is 0.243 e. The summed E-state index contributed by atoms with van der Waals surface area (Å²) in [4.78, 5) is 7.17. The molecule has 2 fully saturated rings. The number of nitrogens with one attached hydrogen (secondary N) is 2. The molecular weight excluding hydrogens is 374 g/mol. The molecule has 2 aliphatic heterocycles. The zero-order valence-electron chi connectivity index (χ0n) is 17.0. The number of guanidine groups is 1. The van der Waals surface area contributed by atoms with Gasteiger partial charge in [0.05, 0.1) is 4.90 Å². The molecule has 2 N–H and O–H groups in total. The fourth-order valence-electron chi connectivity index (χ4n) is 4.02. The van der Waals surface area contributed by atoms with E-state index in [0.29, 0.717) is 30.6 Å². The molecule has 3 rings (SSSR count). The van der Waals surface area contributed by atoms with Crippen LogP contribution < -0.4 is 10.6 Å². The summed E-state index contributed by atoms with van der Waals surface area (Å²) in [7, 11) is -1.57. The molecule has 1 aromatic rings. The van der Waals surface area contributed by atoms with E-state index < -0.39 is 10.0 Å². The van der Waals surface area contributed by atoms with Crippen molar-refractivity contribution in [3.05, 3.63) is 29.8 Å². The Balaban J connectivity index is 1.51. The highest BCUT2D eigenvalue weighted by Crippen LogP contribution is 2.21. The maximum absolute atomic E-state index is 12.6. The number of hydrogen-bond acceptors (Lipinski definition) is 4. The zero-order valence-corrected chi connectivity index (χ0v) is 17.8. The summed E-state index contributed by atoms with van der Waals surface area (Å²) in [6.07, 6.45) is 4.39. The predicted octanol–water partition coefficient (Wildman–Crippen LogP) is 1.62. The first kappa shape index (κ1) is 21.1. The fourth-order valence-corrected chi connectivity index (χ4v) is 5.54. The van der Waals surface area contributed by atoms with Gasteiger partial charge in [-0.3, -0.25) is 9.89 Å². The zero-order chi connectivity index (χ0) is 20.0. The summed E-state index contributed by atoms with van der Waals surface area (Å²) in [5.41, 5.74) is 1.03. The second-order valence-corrected chi connectivity index (χ2v) is 9.42. The quantitative estimate of drug-likeness (QED) is 0.531. The molecule has 8 heteroatoms. The van der Waals surface area contributed by atoms with Crippen molar-refractivity contribution in [3.63, 3.8) is 0 Å². The first-order valence-corrected chi connectivity index (χ1v) is 11.8. The van der Waals surface area contributed by atoms with Crippen LogP contribution in [-0.4, -0.2) is 69.4 Å². The second kappa shape index (κ2) is 9.71. The molecule has 156 valence electrons. The molecule has 1 atom stereocenters. The summed E-state index contributed by atoms with van der Waals surface area (Å²) >= 11 is 0. The lowest BCUT2D eigenvalue weighted by Gasteiger charge is -2.24. The molecule has 2 heterocycles. The van der Waals surface area contributed by atoms with Gasteiger partial charge in [-0.15, -0.1) is 0 Å². The Hall–Kier alpha value is -1.64. The van der Waals surface area contributed by atoms with E-state index in [4.69, 9.17) is 0 Å². The average Bonchev–Trinajstić information content (AvgIpc) is 3.40. The van der Waals surface area contributed by atoms with Gasteiger partial charge in [0.25, 0.3) is 0 Å². The minimum atomic E-state index is -3.35. The van der Waals surface area contributed by atoms with E-state index in [9.17, 15) is 8.42 Å². The number of rotatable bonds is 7. The summed E-state index contributed by atoms with van der Waals surface area (Å²) in [5, 5.41) is 6.73. The van der Waals surface area contributed by atoms with Crippen LogP contribution >= 0.6 is 0 Å². The van der Waals surface area contributed by atoms with Crippen molar-refractivity contribution in [1.29, 1.82) is 0 Å². The van der Waals surface area contributed by atoms with Crippen molar-refractivity contribution in [3.8, 4) is 0 Å². The van der Waals surface area contributed by atoms with Gasteiger partial charge in [-0.1, -0.05) is 19.1 Å². The lowest BCUT2D eigenvalue weighted by Crippen LogP contribution is -2.44. The third-order valence-corrected chi connectivity index (χ3v) is 7.63. The van der Waals surface area contributed by atoms with Gasteiger partial charge in [0.2, 0.25) is 10.0 Å². The van der Waals surface area contributed by atoms with Gasteiger partial charge in [0.1, 0.15) is 0 Å². The Labute approximate surface area is 169 Å². The lowest BCUT2D eigenvalue weighted by molar-refractivity contribution is 0.267. The van der Waals surface area contributed by atoms with E-state index >= 15 is 0 Å². The van der Waals surface area contributed by atoms with E-state index in [1.54, 1.807) is 23.5 Å². The molecule has 1 aromatic carbocycles.